The van der Waals surface area contributed by atoms with E-state index in [4.69, 9.17) is 4.98 Å². The number of nitrogens with zero attached hydrogens (tertiary/aromatic N) is 3. The lowest BCUT2D eigenvalue weighted by Crippen LogP contribution is -2.45. The Balaban J connectivity index is 1.81. The number of nitrogens with one attached hydrogen (secondary N) is 1. The molecular weight excluding hydrogens is 224 g/mol. The topological polar surface area (TPSA) is 35.2 Å². The van der Waals surface area contributed by atoms with Gasteiger partial charge in [0.1, 0.15) is 5.82 Å². The Hall–Kier alpha value is -1.39. The number of H-pyrrole nitrogens is 1. The third kappa shape index (κ3) is 2.13. The van der Waals surface area contributed by atoms with Gasteiger partial charge >= 0.3 is 0 Å². The monoisotopic (exact) mass is 244 g/mol. The predicted octanol–water partition coefficient (Wildman–Crippen LogP) is 1.87. The average molecular weight is 244 g/mol. The molecule has 1 fully saturated rings. The van der Waals surface area contributed by atoms with Gasteiger partial charge in [0.25, 0.3) is 0 Å². The van der Waals surface area contributed by atoms with Crippen molar-refractivity contribution < 1.29 is 0 Å². The minimum Gasteiger partial charge on any atom is -0.341 e. The number of para-hydroxylation sites is 2. The third-order valence-corrected chi connectivity index (χ3v) is 3.89. The first-order chi connectivity index (χ1) is 8.74. The van der Waals surface area contributed by atoms with Crippen LogP contribution in [0.25, 0.3) is 11.0 Å². The Labute approximate surface area is 108 Å². The largest absolute Gasteiger partial charge is 0.341 e. The second kappa shape index (κ2) is 4.71. The number of likely N-dealkylation sites (N-methyl/N-ethyl adjacent to an activating group) is 1. The number of aromatic amines is 1. The van der Waals surface area contributed by atoms with Gasteiger partial charge in [0, 0.05) is 26.2 Å². The number of aromatic nitrogens is 2. The molecule has 1 unspecified atom stereocenters. The molecular formula is C14H20N4. The zero-order valence-corrected chi connectivity index (χ0v) is 11.1. The van der Waals surface area contributed by atoms with Gasteiger partial charge in [0.05, 0.1) is 17.1 Å². The number of hydrogen-bond acceptors (Lipinski definition) is 3. The van der Waals surface area contributed by atoms with E-state index >= 15 is 0 Å². The summed E-state index contributed by atoms with van der Waals surface area (Å²) in [7, 11) is 2.18. The maximum atomic E-state index is 4.70. The van der Waals surface area contributed by atoms with Crippen molar-refractivity contribution in [2.45, 2.75) is 13.0 Å². The number of fused-ring (bicyclic) bond motifs is 1. The third-order valence-electron chi connectivity index (χ3n) is 3.89. The molecule has 1 aromatic heterocycles. The maximum absolute atomic E-state index is 4.70. The molecule has 2 heterocycles. The van der Waals surface area contributed by atoms with E-state index < -0.39 is 0 Å². The van der Waals surface area contributed by atoms with Crippen molar-refractivity contribution in [3.05, 3.63) is 30.1 Å². The van der Waals surface area contributed by atoms with Crippen LogP contribution in [0.5, 0.6) is 0 Å². The van der Waals surface area contributed by atoms with Gasteiger partial charge in [-0.1, -0.05) is 12.1 Å². The number of benzene rings is 1. The molecule has 1 aliphatic heterocycles. The molecule has 18 heavy (non-hydrogen) atoms. The summed E-state index contributed by atoms with van der Waals surface area (Å²) in [5.74, 6) is 1.08. The van der Waals surface area contributed by atoms with Crippen LogP contribution in [0, 0.1) is 0 Å². The van der Waals surface area contributed by atoms with Crippen LogP contribution < -0.4 is 0 Å². The summed E-state index contributed by atoms with van der Waals surface area (Å²) >= 11 is 0. The van der Waals surface area contributed by atoms with Crippen LogP contribution in [0.4, 0.5) is 0 Å². The van der Waals surface area contributed by atoms with Crippen molar-refractivity contribution in [1.29, 1.82) is 0 Å². The van der Waals surface area contributed by atoms with E-state index in [1.165, 1.54) is 0 Å². The highest BCUT2D eigenvalue weighted by Crippen LogP contribution is 2.21. The van der Waals surface area contributed by atoms with Crippen molar-refractivity contribution in [1.82, 2.24) is 19.8 Å². The molecule has 1 N–H and O–H groups in total. The number of hydrogen-bond donors (Lipinski definition) is 1. The van der Waals surface area contributed by atoms with Gasteiger partial charge in [0.15, 0.2) is 0 Å². The summed E-state index contributed by atoms with van der Waals surface area (Å²) in [5.41, 5.74) is 2.20. The van der Waals surface area contributed by atoms with E-state index in [1.54, 1.807) is 0 Å². The lowest BCUT2D eigenvalue weighted by Gasteiger charge is -2.35. The number of piperazine rings is 1. The van der Waals surface area contributed by atoms with E-state index in [0.717, 1.165) is 43.0 Å². The van der Waals surface area contributed by atoms with Gasteiger partial charge in [-0.3, -0.25) is 4.90 Å². The molecule has 0 radical (unpaired) electrons. The standard InChI is InChI=1S/C14H20N4/c1-11(18-9-7-17(2)8-10-18)14-15-12-5-3-4-6-13(12)16-14/h3-6,11H,7-10H2,1-2H3,(H,15,16). The van der Waals surface area contributed by atoms with Gasteiger partial charge in [-0.15, -0.1) is 0 Å². The molecule has 4 nitrogen and oxygen atoms in total. The van der Waals surface area contributed by atoms with Gasteiger partial charge in [-0.05, 0) is 26.1 Å². The van der Waals surface area contributed by atoms with E-state index in [-0.39, 0.29) is 0 Å². The molecule has 1 saturated heterocycles. The SMILES string of the molecule is CC(c1nc2ccccc2[nH]1)N1CCN(C)CC1. The summed E-state index contributed by atoms with van der Waals surface area (Å²) in [5, 5.41) is 0. The fourth-order valence-electron chi connectivity index (χ4n) is 2.55. The second-order valence-corrected chi connectivity index (χ2v) is 5.15. The molecule has 1 aromatic carbocycles. The second-order valence-electron chi connectivity index (χ2n) is 5.15. The highest BCUT2D eigenvalue weighted by Gasteiger charge is 2.22. The van der Waals surface area contributed by atoms with E-state index in [9.17, 15) is 0 Å². The van der Waals surface area contributed by atoms with Crippen molar-refractivity contribution in [2.75, 3.05) is 33.2 Å². The molecule has 2 aromatic rings. The Morgan fingerprint density at radius 2 is 1.89 bits per heavy atom. The van der Waals surface area contributed by atoms with E-state index in [1.807, 2.05) is 12.1 Å². The Morgan fingerprint density at radius 1 is 1.17 bits per heavy atom. The average Bonchev–Trinajstić information content (AvgIpc) is 2.82. The van der Waals surface area contributed by atoms with Crippen molar-refractivity contribution in [3.8, 4) is 0 Å². The first kappa shape index (κ1) is 11.7. The molecule has 3 rings (SSSR count). The summed E-state index contributed by atoms with van der Waals surface area (Å²) in [6.45, 7) is 6.77. The van der Waals surface area contributed by atoms with Crippen molar-refractivity contribution in [3.63, 3.8) is 0 Å². The molecule has 96 valence electrons. The minimum atomic E-state index is 0.367. The number of rotatable bonds is 2. The quantitative estimate of drug-likeness (QED) is 0.876. The predicted molar refractivity (Wildman–Crippen MR) is 73.6 cm³/mol. The normalized spacial score (nSPS) is 20.3. The van der Waals surface area contributed by atoms with Crippen LogP contribution in [0.2, 0.25) is 0 Å². The van der Waals surface area contributed by atoms with E-state index in [0.29, 0.717) is 6.04 Å². The van der Waals surface area contributed by atoms with Crippen LogP contribution in [-0.2, 0) is 0 Å². The van der Waals surface area contributed by atoms with Crippen molar-refractivity contribution in [2.24, 2.45) is 0 Å². The fourth-order valence-corrected chi connectivity index (χ4v) is 2.55. The Bertz CT molecular complexity index is 492. The molecule has 0 bridgehead atoms. The van der Waals surface area contributed by atoms with Gasteiger partial charge in [-0.2, -0.15) is 0 Å². The summed E-state index contributed by atoms with van der Waals surface area (Å²) in [4.78, 5) is 13.0. The smallest absolute Gasteiger partial charge is 0.124 e. The van der Waals surface area contributed by atoms with Crippen LogP contribution in [0.15, 0.2) is 24.3 Å². The van der Waals surface area contributed by atoms with Crippen LogP contribution in [0.3, 0.4) is 0 Å². The molecule has 4 heteroatoms. The van der Waals surface area contributed by atoms with Gasteiger partial charge < -0.3 is 9.88 Å². The molecule has 1 atom stereocenters. The molecule has 1 aliphatic rings. The first-order valence-electron chi connectivity index (χ1n) is 6.61. The lowest BCUT2D eigenvalue weighted by molar-refractivity contribution is 0.116. The highest BCUT2D eigenvalue weighted by molar-refractivity contribution is 5.74. The molecule has 0 amide bonds. The van der Waals surface area contributed by atoms with Gasteiger partial charge in [-0.25, -0.2) is 4.98 Å². The van der Waals surface area contributed by atoms with Crippen molar-refractivity contribution >= 4 is 11.0 Å². The zero-order valence-electron chi connectivity index (χ0n) is 11.1. The Morgan fingerprint density at radius 3 is 2.61 bits per heavy atom. The zero-order chi connectivity index (χ0) is 12.5. The number of imidazole rings is 1. The van der Waals surface area contributed by atoms with Crippen LogP contribution in [0.1, 0.15) is 18.8 Å². The summed E-state index contributed by atoms with van der Waals surface area (Å²) in [6, 6.07) is 8.60. The summed E-state index contributed by atoms with van der Waals surface area (Å²) < 4.78 is 0. The van der Waals surface area contributed by atoms with E-state index in [2.05, 4.69) is 40.9 Å². The highest BCUT2D eigenvalue weighted by atomic mass is 15.3. The Kier molecular flexibility index (Phi) is 3.06. The van der Waals surface area contributed by atoms with Crippen LogP contribution >= 0.6 is 0 Å². The molecule has 0 aliphatic carbocycles. The fraction of sp³-hybridized carbons (Fsp3) is 0.500. The molecule has 0 spiro atoms. The van der Waals surface area contributed by atoms with Crippen LogP contribution in [-0.4, -0.2) is 53.0 Å². The maximum Gasteiger partial charge on any atom is 0.124 e. The van der Waals surface area contributed by atoms with Gasteiger partial charge in [0.2, 0.25) is 0 Å². The summed E-state index contributed by atoms with van der Waals surface area (Å²) in [6.07, 6.45) is 0. The lowest BCUT2D eigenvalue weighted by atomic mass is 10.2. The molecule has 0 saturated carbocycles. The minimum absolute atomic E-state index is 0.367. The first-order valence-corrected chi connectivity index (χ1v) is 6.61.